The van der Waals surface area contributed by atoms with Gasteiger partial charge in [-0.3, -0.25) is 14.5 Å². The number of nitrogens with one attached hydrogen (secondary N) is 1. The van der Waals surface area contributed by atoms with Crippen molar-refractivity contribution in [2.45, 2.75) is 19.0 Å². The minimum absolute atomic E-state index is 0.140. The number of hydrogen-bond acceptors (Lipinski definition) is 2. The number of carbonyl (C=O) groups excluding carboxylic acids is 2. The van der Waals surface area contributed by atoms with Gasteiger partial charge < -0.3 is 5.32 Å². The lowest BCUT2D eigenvalue weighted by Crippen LogP contribution is -2.47. The molecule has 0 fully saturated rings. The molecule has 3 aromatic carbocycles. The van der Waals surface area contributed by atoms with Crippen LogP contribution in [-0.2, 0) is 17.8 Å². The molecule has 0 saturated heterocycles. The smallest absolute Gasteiger partial charge is 0.259 e. The van der Waals surface area contributed by atoms with E-state index in [-0.39, 0.29) is 11.8 Å². The third-order valence-electron chi connectivity index (χ3n) is 4.83. The number of hydrogen-bond donors (Lipinski definition) is 1. The molecule has 1 N–H and O–H groups in total. The number of carbonyl (C=O) groups is 2. The molecule has 0 bridgehead atoms. The van der Waals surface area contributed by atoms with Gasteiger partial charge in [-0.25, -0.2) is 0 Å². The summed E-state index contributed by atoms with van der Waals surface area (Å²) >= 11 is 0. The summed E-state index contributed by atoms with van der Waals surface area (Å²) in [6.45, 7) is 0.444. The molecule has 4 nitrogen and oxygen atoms in total. The van der Waals surface area contributed by atoms with E-state index >= 15 is 0 Å². The maximum atomic E-state index is 13.1. The average molecular weight is 356 g/mol. The molecule has 1 atom stereocenters. The van der Waals surface area contributed by atoms with E-state index in [4.69, 9.17) is 0 Å². The molecule has 1 heterocycles. The third-order valence-corrected chi connectivity index (χ3v) is 4.83. The maximum absolute atomic E-state index is 13.1. The van der Waals surface area contributed by atoms with E-state index < -0.39 is 6.04 Å². The summed E-state index contributed by atoms with van der Waals surface area (Å²) < 4.78 is 0. The van der Waals surface area contributed by atoms with Crippen LogP contribution in [0.5, 0.6) is 0 Å². The minimum atomic E-state index is -0.543. The van der Waals surface area contributed by atoms with Crippen LogP contribution < -0.4 is 10.2 Å². The van der Waals surface area contributed by atoms with Crippen LogP contribution in [0, 0.1) is 0 Å². The molecule has 134 valence electrons. The Kier molecular flexibility index (Phi) is 4.71. The van der Waals surface area contributed by atoms with Gasteiger partial charge in [-0.1, -0.05) is 66.7 Å². The zero-order chi connectivity index (χ0) is 18.6. The fourth-order valence-electron chi connectivity index (χ4n) is 3.47. The predicted molar refractivity (Wildman–Crippen MR) is 105 cm³/mol. The summed E-state index contributed by atoms with van der Waals surface area (Å²) in [5.74, 6) is -0.292. The highest BCUT2D eigenvalue weighted by atomic mass is 16.2. The van der Waals surface area contributed by atoms with Gasteiger partial charge in [-0.05, 0) is 29.3 Å². The molecule has 0 radical (unpaired) electrons. The second-order valence-corrected chi connectivity index (χ2v) is 6.59. The molecule has 0 aliphatic carbocycles. The van der Waals surface area contributed by atoms with Crippen LogP contribution in [0.4, 0.5) is 5.69 Å². The van der Waals surface area contributed by atoms with E-state index in [1.807, 2.05) is 72.8 Å². The van der Waals surface area contributed by atoms with Gasteiger partial charge in [0.1, 0.15) is 6.04 Å². The van der Waals surface area contributed by atoms with Crippen molar-refractivity contribution in [1.82, 2.24) is 5.32 Å². The molecule has 0 aromatic heterocycles. The van der Waals surface area contributed by atoms with Crippen molar-refractivity contribution in [2.24, 2.45) is 0 Å². The Morgan fingerprint density at radius 1 is 0.852 bits per heavy atom. The summed E-state index contributed by atoms with van der Waals surface area (Å²) in [5, 5.41) is 2.98. The predicted octanol–water partition coefficient (Wildman–Crippen LogP) is 3.57. The van der Waals surface area contributed by atoms with E-state index in [1.54, 1.807) is 17.0 Å². The van der Waals surface area contributed by atoms with Crippen molar-refractivity contribution in [3.63, 3.8) is 0 Å². The molecule has 1 aliphatic rings. The molecule has 2 amide bonds. The second kappa shape index (κ2) is 7.46. The summed E-state index contributed by atoms with van der Waals surface area (Å²) in [5.41, 5.74) is 3.44. The SMILES string of the molecule is O=C(NCc1ccccc1)C1Cc2ccccc2N1C(=O)c1ccccc1. The van der Waals surface area contributed by atoms with Gasteiger partial charge in [0.05, 0.1) is 0 Å². The molecular formula is C23H20N2O2. The van der Waals surface area contributed by atoms with E-state index in [9.17, 15) is 9.59 Å². The van der Waals surface area contributed by atoms with Crippen LogP contribution >= 0.6 is 0 Å². The topological polar surface area (TPSA) is 49.4 Å². The minimum Gasteiger partial charge on any atom is -0.350 e. The molecule has 1 unspecified atom stereocenters. The van der Waals surface area contributed by atoms with Gasteiger partial charge in [-0.15, -0.1) is 0 Å². The molecule has 1 aliphatic heterocycles. The maximum Gasteiger partial charge on any atom is 0.259 e. The van der Waals surface area contributed by atoms with Crippen molar-refractivity contribution in [1.29, 1.82) is 0 Å². The monoisotopic (exact) mass is 356 g/mol. The number of nitrogens with zero attached hydrogens (tertiary/aromatic N) is 1. The average Bonchev–Trinajstić information content (AvgIpc) is 3.12. The molecule has 27 heavy (non-hydrogen) atoms. The van der Waals surface area contributed by atoms with Crippen LogP contribution in [0.25, 0.3) is 0 Å². The van der Waals surface area contributed by atoms with Crippen molar-refractivity contribution in [3.8, 4) is 0 Å². The zero-order valence-corrected chi connectivity index (χ0v) is 14.8. The Morgan fingerprint density at radius 3 is 2.22 bits per heavy atom. The summed E-state index contributed by atoms with van der Waals surface area (Å²) in [7, 11) is 0. The zero-order valence-electron chi connectivity index (χ0n) is 14.8. The highest BCUT2D eigenvalue weighted by molar-refractivity contribution is 6.11. The standard InChI is InChI=1S/C23H20N2O2/c26-22(24-16-17-9-3-1-4-10-17)21-15-19-13-7-8-14-20(19)25(21)23(27)18-11-5-2-6-12-18/h1-14,21H,15-16H2,(H,24,26). The van der Waals surface area contributed by atoms with Crippen molar-refractivity contribution < 1.29 is 9.59 Å². The van der Waals surface area contributed by atoms with Gasteiger partial charge in [0.2, 0.25) is 5.91 Å². The molecule has 3 aromatic rings. The number of benzene rings is 3. The normalized spacial score (nSPS) is 15.3. The highest BCUT2D eigenvalue weighted by Crippen LogP contribution is 2.33. The van der Waals surface area contributed by atoms with E-state index in [0.717, 1.165) is 16.8 Å². The number of rotatable bonds is 4. The summed E-state index contributed by atoms with van der Waals surface area (Å²) in [4.78, 5) is 27.7. The van der Waals surface area contributed by atoms with Crippen LogP contribution in [0.2, 0.25) is 0 Å². The van der Waals surface area contributed by atoms with Crippen LogP contribution in [-0.4, -0.2) is 17.9 Å². The summed E-state index contributed by atoms with van der Waals surface area (Å²) in [6, 6.07) is 26.0. The molecule has 4 heteroatoms. The molecule has 4 rings (SSSR count). The lowest BCUT2D eigenvalue weighted by Gasteiger charge is -2.25. The van der Waals surface area contributed by atoms with Crippen molar-refractivity contribution in [2.75, 3.05) is 4.90 Å². The quantitative estimate of drug-likeness (QED) is 0.777. The fraction of sp³-hybridized carbons (Fsp3) is 0.130. The number of anilines is 1. The van der Waals surface area contributed by atoms with Gasteiger partial charge in [0.15, 0.2) is 0 Å². The fourth-order valence-corrected chi connectivity index (χ4v) is 3.47. The molecule has 0 saturated carbocycles. The number of fused-ring (bicyclic) bond motifs is 1. The first-order valence-electron chi connectivity index (χ1n) is 9.02. The first kappa shape index (κ1) is 17.0. The lowest BCUT2D eigenvalue weighted by atomic mass is 10.1. The van der Waals surface area contributed by atoms with Gasteiger partial charge in [0, 0.05) is 24.2 Å². The van der Waals surface area contributed by atoms with Gasteiger partial charge in [0.25, 0.3) is 5.91 Å². The van der Waals surface area contributed by atoms with Gasteiger partial charge in [-0.2, -0.15) is 0 Å². The van der Waals surface area contributed by atoms with E-state index in [1.165, 1.54) is 0 Å². The van der Waals surface area contributed by atoms with E-state index in [2.05, 4.69) is 5.32 Å². The van der Waals surface area contributed by atoms with Gasteiger partial charge >= 0.3 is 0 Å². The Bertz CT molecular complexity index is 954. The van der Waals surface area contributed by atoms with Crippen LogP contribution in [0.3, 0.4) is 0 Å². The summed E-state index contributed by atoms with van der Waals surface area (Å²) in [6.07, 6.45) is 0.523. The molecular weight excluding hydrogens is 336 g/mol. The first-order chi connectivity index (χ1) is 13.2. The second-order valence-electron chi connectivity index (χ2n) is 6.59. The lowest BCUT2D eigenvalue weighted by molar-refractivity contribution is -0.122. The Labute approximate surface area is 158 Å². The Hall–Kier alpha value is -3.40. The van der Waals surface area contributed by atoms with Crippen molar-refractivity contribution >= 4 is 17.5 Å². The largest absolute Gasteiger partial charge is 0.350 e. The third kappa shape index (κ3) is 3.47. The van der Waals surface area contributed by atoms with Crippen LogP contribution in [0.1, 0.15) is 21.5 Å². The number of amides is 2. The van der Waals surface area contributed by atoms with E-state index in [0.29, 0.717) is 18.5 Å². The number of para-hydroxylation sites is 1. The van der Waals surface area contributed by atoms with Crippen molar-refractivity contribution in [3.05, 3.63) is 102 Å². The highest BCUT2D eigenvalue weighted by Gasteiger charge is 2.38. The molecule has 0 spiro atoms. The Morgan fingerprint density at radius 2 is 1.48 bits per heavy atom. The van der Waals surface area contributed by atoms with Crippen LogP contribution in [0.15, 0.2) is 84.9 Å². The Balaban J connectivity index is 1.59. The first-order valence-corrected chi connectivity index (χ1v) is 9.02.